The van der Waals surface area contributed by atoms with Crippen molar-refractivity contribution in [3.8, 4) is 11.5 Å². The fourth-order valence-corrected chi connectivity index (χ4v) is 6.21. The molecule has 8 nitrogen and oxygen atoms in total. The molecule has 1 spiro atoms. The highest BCUT2D eigenvalue weighted by molar-refractivity contribution is 6.20. The lowest BCUT2D eigenvalue weighted by atomic mass is 9.59. The van der Waals surface area contributed by atoms with Gasteiger partial charge in [0.1, 0.15) is 16.9 Å². The van der Waals surface area contributed by atoms with Gasteiger partial charge in [-0.15, -0.1) is 0 Å². The molecule has 0 aliphatic carbocycles. The largest absolute Gasteiger partial charge is 0.497 e. The highest BCUT2D eigenvalue weighted by atomic mass is 16.5. The Morgan fingerprint density at radius 3 is 1.93 bits per heavy atom. The lowest BCUT2D eigenvalue weighted by molar-refractivity contribution is -0.151. The number of aryl methyl sites for hydroxylation is 1. The number of hydrogen-bond acceptors (Lipinski definition) is 6. The van der Waals surface area contributed by atoms with Crippen LogP contribution in [0, 0.1) is 17.8 Å². The third-order valence-electron chi connectivity index (χ3n) is 8.58. The summed E-state index contributed by atoms with van der Waals surface area (Å²) in [5.41, 5.74) is 1.45. The Morgan fingerprint density at radius 1 is 0.775 bits per heavy atom. The number of methoxy groups -OCH3 is 2. The van der Waals surface area contributed by atoms with Gasteiger partial charge in [0.2, 0.25) is 17.7 Å². The molecular weight excluding hydrogens is 506 g/mol. The van der Waals surface area contributed by atoms with E-state index < -0.39 is 22.6 Å². The van der Waals surface area contributed by atoms with Crippen LogP contribution in [-0.2, 0) is 19.9 Å². The van der Waals surface area contributed by atoms with Gasteiger partial charge in [0.15, 0.2) is 11.8 Å². The second-order valence-electron chi connectivity index (χ2n) is 11.7. The summed E-state index contributed by atoms with van der Waals surface area (Å²) >= 11 is 0. The van der Waals surface area contributed by atoms with Gasteiger partial charge in [0, 0.05) is 16.9 Å². The number of nitrogens with zero attached hydrogens (tertiary/aromatic N) is 3. The molecule has 2 amide bonds. The molecule has 3 aromatic carbocycles. The maximum atomic E-state index is 13.8. The first-order chi connectivity index (χ1) is 19.0. The molecule has 0 saturated carbocycles. The lowest BCUT2D eigenvalue weighted by Crippen LogP contribution is -2.78. The van der Waals surface area contributed by atoms with Crippen LogP contribution in [0.1, 0.15) is 38.8 Å². The lowest BCUT2D eigenvalue weighted by Gasteiger charge is -2.62. The second-order valence-corrected chi connectivity index (χ2v) is 11.7. The van der Waals surface area contributed by atoms with Crippen molar-refractivity contribution in [2.75, 3.05) is 24.0 Å². The average molecular weight is 540 g/mol. The van der Waals surface area contributed by atoms with Gasteiger partial charge < -0.3 is 14.2 Å². The molecule has 3 heterocycles. The van der Waals surface area contributed by atoms with Crippen LogP contribution in [0.5, 0.6) is 11.5 Å². The van der Waals surface area contributed by atoms with Gasteiger partial charge in [0.05, 0.1) is 25.3 Å². The fourth-order valence-electron chi connectivity index (χ4n) is 6.21. The molecule has 2 fully saturated rings. The smallest absolute Gasteiger partial charge is 0.241 e. The van der Waals surface area contributed by atoms with Gasteiger partial charge in [-0.25, -0.2) is 4.99 Å². The van der Waals surface area contributed by atoms with E-state index in [1.54, 1.807) is 24.0 Å². The van der Waals surface area contributed by atoms with Crippen LogP contribution in [0.25, 0.3) is 0 Å². The zero-order chi connectivity index (χ0) is 28.6. The van der Waals surface area contributed by atoms with Crippen molar-refractivity contribution in [1.82, 2.24) is 0 Å². The van der Waals surface area contributed by atoms with Crippen LogP contribution in [0.15, 0.2) is 71.7 Å². The Labute approximate surface area is 234 Å². The van der Waals surface area contributed by atoms with Crippen molar-refractivity contribution in [3.63, 3.8) is 0 Å². The van der Waals surface area contributed by atoms with E-state index in [0.29, 0.717) is 28.8 Å². The highest BCUT2D eigenvalue weighted by Crippen LogP contribution is 2.63. The van der Waals surface area contributed by atoms with E-state index in [2.05, 4.69) is 6.07 Å². The standard InChI is InChI=1S/C32H33N3O5/c1-19-8-17-25-24(18-19)32(31(4,5)28(37)35(32)21-11-15-23(39-7)16-12-21)26(33-25)40-29-30(2,3)27(36)34(29)20-9-13-22(38-6)14-10-20/h8-18,29H,1-7H3/t29-,32-/m1/s1. The molecule has 40 heavy (non-hydrogen) atoms. The number of anilines is 2. The Hall–Kier alpha value is -4.33. The van der Waals surface area contributed by atoms with Gasteiger partial charge >= 0.3 is 0 Å². The Bertz CT molecular complexity index is 1560. The molecule has 6 rings (SSSR count). The predicted molar refractivity (Wildman–Crippen MR) is 153 cm³/mol. The third-order valence-corrected chi connectivity index (χ3v) is 8.58. The van der Waals surface area contributed by atoms with Crippen LogP contribution in [0.2, 0.25) is 0 Å². The van der Waals surface area contributed by atoms with Crippen LogP contribution in [0.3, 0.4) is 0 Å². The summed E-state index contributed by atoms with van der Waals surface area (Å²) in [6.45, 7) is 9.64. The van der Waals surface area contributed by atoms with E-state index in [1.165, 1.54) is 0 Å². The first-order valence-corrected chi connectivity index (χ1v) is 13.3. The molecule has 0 bridgehead atoms. The third kappa shape index (κ3) is 3.22. The Morgan fingerprint density at radius 2 is 1.35 bits per heavy atom. The molecular formula is C32H33N3O5. The van der Waals surface area contributed by atoms with Gasteiger partial charge in [0.25, 0.3) is 0 Å². The number of rotatable bonds is 5. The predicted octanol–water partition coefficient (Wildman–Crippen LogP) is 5.74. The topological polar surface area (TPSA) is 80.7 Å². The first-order valence-electron chi connectivity index (χ1n) is 13.3. The molecule has 2 saturated heterocycles. The van der Waals surface area contributed by atoms with Gasteiger partial charge in [-0.2, -0.15) is 0 Å². The van der Waals surface area contributed by atoms with Crippen molar-refractivity contribution >= 4 is 34.8 Å². The van der Waals surface area contributed by atoms with E-state index in [0.717, 1.165) is 16.8 Å². The number of ether oxygens (including phenoxy) is 3. The van der Waals surface area contributed by atoms with E-state index in [1.807, 2.05) is 95.3 Å². The van der Waals surface area contributed by atoms with Crippen LogP contribution < -0.4 is 19.3 Å². The molecule has 0 radical (unpaired) electrons. The number of aliphatic imine (C=N–C) groups is 1. The minimum atomic E-state index is -1.000. The van der Waals surface area contributed by atoms with Crippen LogP contribution >= 0.6 is 0 Å². The van der Waals surface area contributed by atoms with E-state index in [4.69, 9.17) is 19.2 Å². The molecule has 0 aromatic heterocycles. The molecule has 0 N–H and O–H groups in total. The van der Waals surface area contributed by atoms with E-state index >= 15 is 0 Å². The summed E-state index contributed by atoms with van der Waals surface area (Å²) in [5.74, 6) is 1.70. The normalized spacial score (nSPS) is 23.8. The van der Waals surface area contributed by atoms with Crippen molar-refractivity contribution in [2.24, 2.45) is 15.8 Å². The summed E-state index contributed by atoms with van der Waals surface area (Å²) in [7, 11) is 3.21. The molecule has 3 aliphatic heterocycles. The molecule has 3 aliphatic rings. The van der Waals surface area contributed by atoms with Crippen molar-refractivity contribution in [2.45, 2.75) is 46.4 Å². The van der Waals surface area contributed by atoms with Gasteiger partial charge in [-0.05, 0) is 89.2 Å². The average Bonchev–Trinajstić information content (AvgIpc) is 3.28. The quantitative estimate of drug-likeness (QED) is 0.386. The maximum absolute atomic E-state index is 13.8. The number of fused-ring (bicyclic) bond motifs is 2. The van der Waals surface area contributed by atoms with E-state index in [-0.39, 0.29) is 11.8 Å². The number of amides is 2. The first kappa shape index (κ1) is 25.9. The van der Waals surface area contributed by atoms with Gasteiger partial charge in [-0.1, -0.05) is 17.7 Å². The van der Waals surface area contributed by atoms with Crippen molar-refractivity contribution in [3.05, 3.63) is 77.9 Å². The van der Waals surface area contributed by atoms with E-state index in [9.17, 15) is 9.59 Å². The second kappa shape index (κ2) is 8.58. The van der Waals surface area contributed by atoms with Gasteiger partial charge in [-0.3, -0.25) is 19.4 Å². The molecule has 8 heteroatoms. The number of carbonyl (C=O) groups excluding carboxylic acids is 2. The van der Waals surface area contributed by atoms with Crippen LogP contribution in [-0.4, -0.2) is 38.2 Å². The number of β-lactam (4-membered cyclic amide) rings is 2. The molecule has 0 unspecified atom stereocenters. The van der Waals surface area contributed by atoms with Crippen molar-refractivity contribution in [1.29, 1.82) is 0 Å². The zero-order valence-corrected chi connectivity index (χ0v) is 23.8. The Kier molecular flexibility index (Phi) is 5.56. The Balaban J connectivity index is 1.47. The minimum Gasteiger partial charge on any atom is -0.497 e. The SMILES string of the molecule is COc1ccc(N2C(=O)C(C)(C)[C@H]2OC2=Nc3ccc(C)cc3[C@@]23N(c2ccc(OC)cc2)C(=O)C3(C)C)cc1. The maximum Gasteiger partial charge on any atom is 0.241 e. The molecule has 206 valence electrons. The summed E-state index contributed by atoms with van der Waals surface area (Å²) in [4.78, 5) is 35.6. The van der Waals surface area contributed by atoms with Crippen LogP contribution in [0.4, 0.5) is 17.1 Å². The molecule has 3 aromatic rings. The molecule has 2 atom stereocenters. The van der Waals surface area contributed by atoms with Crippen molar-refractivity contribution < 1.29 is 23.8 Å². The summed E-state index contributed by atoms with van der Waals surface area (Å²) < 4.78 is 17.5. The minimum absolute atomic E-state index is 0.0423. The summed E-state index contributed by atoms with van der Waals surface area (Å²) in [6.07, 6.45) is -0.636. The summed E-state index contributed by atoms with van der Waals surface area (Å²) in [5, 5.41) is 0. The number of hydrogen-bond donors (Lipinski definition) is 0. The summed E-state index contributed by atoms with van der Waals surface area (Å²) in [6, 6.07) is 20.8. The monoisotopic (exact) mass is 539 g/mol. The number of benzene rings is 3. The fraction of sp³-hybridized carbons (Fsp3) is 0.344. The highest BCUT2D eigenvalue weighted by Gasteiger charge is 2.74. The zero-order valence-electron chi connectivity index (χ0n) is 23.8. The number of carbonyl (C=O) groups is 2.